The molecule has 0 fully saturated rings. The normalized spacial score (nSPS) is 11.3. The highest BCUT2D eigenvalue weighted by Crippen LogP contribution is 2.29. The predicted octanol–water partition coefficient (Wildman–Crippen LogP) is 2.18. The van der Waals surface area contributed by atoms with Gasteiger partial charge in [-0.1, -0.05) is 6.07 Å². The van der Waals surface area contributed by atoms with Crippen molar-refractivity contribution in [1.82, 2.24) is 25.0 Å². The molecule has 0 aliphatic heterocycles. The Morgan fingerprint density at radius 3 is 2.88 bits per heavy atom. The predicted molar refractivity (Wildman–Crippen MR) is 96.5 cm³/mol. The van der Waals surface area contributed by atoms with Crippen LogP contribution in [0, 0.1) is 0 Å². The molecule has 4 rings (SSSR count). The number of aromatic nitrogens is 5. The first-order chi connectivity index (χ1) is 12.6. The van der Waals surface area contributed by atoms with Gasteiger partial charge in [-0.25, -0.2) is 4.98 Å². The van der Waals surface area contributed by atoms with Crippen molar-refractivity contribution in [3.63, 3.8) is 0 Å². The first-order valence-corrected chi connectivity index (χ1v) is 8.94. The number of amides is 1. The van der Waals surface area contributed by atoms with E-state index in [1.54, 1.807) is 11.3 Å². The zero-order valence-corrected chi connectivity index (χ0v) is 14.9. The summed E-state index contributed by atoms with van der Waals surface area (Å²) in [5.74, 6) is 0.146. The molecule has 8 nitrogen and oxygen atoms in total. The van der Waals surface area contributed by atoms with Gasteiger partial charge in [0.2, 0.25) is 17.7 Å². The number of primary amides is 1. The molecule has 9 heteroatoms. The lowest BCUT2D eigenvalue weighted by molar-refractivity contribution is -0.117. The largest absolute Gasteiger partial charge is 0.424 e. The minimum Gasteiger partial charge on any atom is -0.424 e. The van der Waals surface area contributed by atoms with Crippen molar-refractivity contribution in [2.45, 2.75) is 26.3 Å². The molecule has 26 heavy (non-hydrogen) atoms. The summed E-state index contributed by atoms with van der Waals surface area (Å²) >= 11 is 1.58. The number of hydrogen-bond acceptors (Lipinski definition) is 7. The summed E-state index contributed by atoms with van der Waals surface area (Å²) in [6.07, 6.45) is 4.27. The van der Waals surface area contributed by atoms with Crippen LogP contribution in [-0.2, 0) is 24.2 Å². The molecule has 3 aromatic heterocycles. The summed E-state index contributed by atoms with van der Waals surface area (Å²) in [6, 6.07) is 6.15. The number of benzene rings is 1. The SMILES string of the molecule is CCn1cc(-c2ccc3nc(Cc4nnc(CC(N)=O)o4)sc3c2)cn1. The molecule has 4 aromatic rings. The Balaban J connectivity index is 1.57. The topological polar surface area (TPSA) is 113 Å². The van der Waals surface area contributed by atoms with Gasteiger partial charge in [-0.15, -0.1) is 21.5 Å². The van der Waals surface area contributed by atoms with Crippen LogP contribution in [0.4, 0.5) is 0 Å². The van der Waals surface area contributed by atoms with E-state index in [4.69, 9.17) is 10.2 Å². The quantitative estimate of drug-likeness (QED) is 0.558. The molecule has 0 saturated heterocycles. The summed E-state index contributed by atoms with van der Waals surface area (Å²) in [4.78, 5) is 15.5. The molecule has 0 bridgehead atoms. The summed E-state index contributed by atoms with van der Waals surface area (Å²) in [5.41, 5.74) is 8.24. The van der Waals surface area contributed by atoms with Crippen molar-refractivity contribution < 1.29 is 9.21 Å². The molecular formula is C17H16N6O2S. The molecule has 0 spiro atoms. The van der Waals surface area contributed by atoms with E-state index >= 15 is 0 Å². The van der Waals surface area contributed by atoms with Crippen LogP contribution in [0.25, 0.3) is 21.3 Å². The van der Waals surface area contributed by atoms with Crippen molar-refractivity contribution in [3.8, 4) is 11.1 Å². The van der Waals surface area contributed by atoms with E-state index in [-0.39, 0.29) is 12.3 Å². The Hall–Kier alpha value is -3.07. The number of aryl methyl sites for hydroxylation is 1. The molecule has 132 valence electrons. The molecule has 0 aliphatic rings. The fourth-order valence-corrected chi connectivity index (χ4v) is 3.62. The van der Waals surface area contributed by atoms with E-state index in [9.17, 15) is 4.79 Å². The second-order valence-corrected chi connectivity index (χ2v) is 6.90. The first kappa shape index (κ1) is 16.4. The van der Waals surface area contributed by atoms with Crippen LogP contribution in [0.3, 0.4) is 0 Å². The summed E-state index contributed by atoms with van der Waals surface area (Å²) < 4.78 is 8.42. The number of nitrogens with two attached hydrogens (primary N) is 1. The molecule has 0 saturated carbocycles. The van der Waals surface area contributed by atoms with E-state index in [1.165, 1.54) is 0 Å². The Bertz CT molecular complexity index is 1080. The molecule has 0 aliphatic carbocycles. The van der Waals surface area contributed by atoms with Crippen LogP contribution < -0.4 is 5.73 Å². The summed E-state index contributed by atoms with van der Waals surface area (Å²) in [6.45, 7) is 2.90. The van der Waals surface area contributed by atoms with Crippen LogP contribution in [0.2, 0.25) is 0 Å². The highest BCUT2D eigenvalue weighted by atomic mass is 32.1. The zero-order valence-electron chi connectivity index (χ0n) is 14.0. The van der Waals surface area contributed by atoms with Gasteiger partial charge in [-0.2, -0.15) is 5.10 Å². The average Bonchev–Trinajstić information content (AvgIpc) is 3.32. The Labute approximate surface area is 152 Å². The van der Waals surface area contributed by atoms with Gasteiger partial charge in [0.15, 0.2) is 0 Å². The fourth-order valence-electron chi connectivity index (χ4n) is 2.62. The summed E-state index contributed by atoms with van der Waals surface area (Å²) in [5, 5.41) is 13.0. The van der Waals surface area contributed by atoms with Gasteiger partial charge in [0, 0.05) is 18.3 Å². The number of hydrogen-bond donors (Lipinski definition) is 1. The van der Waals surface area contributed by atoms with E-state index in [2.05, 4.69) is 33.3 Å². The monoisotopic (exact) mass is 368 g/mol. The maximum atomic E-state index is 10.9. The number of carbonyl (C=O) groups excluding carboxylic acids is 1. The van der Waals surface area contributed by atoms with E-state index in [0.29, 0.717) is 12.3 Å². The van der Waals surface area contributed by atoms with Crippen LogP contribution in [0.15, 0.2) is 35.0 Å². The van der Waals surface area contributed by atoms with Crippen LogP contribution in [-0.4, -0.2) is 30.9 Å². The van der Waals surface area contributed by atoms with Crippen molar-refractivity contribution in [3.05, 3.63) is 47.4 Å². The van der Waals surface area contributed by atoms with Gasteiger partial charge in [-0.3, -0.25) is 9.48 Å². The number of fused-ring (bicyclic) bond motifs is 1. The standard InChI is InChI=1S/C17H16N6O2S/c1-2-23-9-11(8-19-23)10-3-4-12-13(5-10)26-17(20-12)7-16-22-21-15(25-16)6-14(18)24/h3-5,8-9H,2,6-7H2,1H3,(H2,18,24). The van der Waals surface area contributed by atoms with Crippen molar-refractivity contribution in [1.29, 1.82) is 0 Å². The van der Waals surface area contributed by atoms with Crippen molar-refractivity contribution >= 4 is 27.5 Å². The molecular weight excluding hydrogens is 352 g/mol. The highest BCUT2D eigenvalue weighted by molar-refractivity contribution is 7.18. The molecule has 0 unspecified atom stereocenters. The molecule has 3 heterocycles. The minimum atomic E-state index is -0.501. The van der Waals surface area contributed by atoms with Gasteiger partial charge in [-0.05, 0) is 24.6 Å². The number of nitrogens with zero attached hydrogens (tertiary/aromatic N) is 5. The van der Waals surface area contributed by atoms with Gasteiger partial charge in [0.25, 0.3) is 0 Å². The zero-order chi connectivity index (χ0) is 18.1. The van der Waals surface area contributed by atoms with Crippen molar-refractivity contribution in [2.75, 3.05) is 0 Å². The van der Waals surface area contributed by atoms with Crippen LogP contribution >= 0.6 is 11.3 Å². The first-order valence-electron chi connectivity index (χ1n) is 8.12. The second kappa shape index (κ2) is 6.68. The lowest BCUT2D eigenvalue weighted by Crippen LogP contribution is -2.13. The number of rotatable bonds is 6. The maximum Gasteiger partial charge on any atom is 0.226 e. The molecule has 0 atom stereocenters. The smallest absolute Gasteiger partial charge is 0.226 e. The maximum absolute atomic E-state index is 10.9. The second-order valence-electron chi connectivity index (χ2n) is 5.78. The number of carbonyl (C=O) groups is 1. The lowest BCUT2D eigenvalue weighted by Gasteiger charge is -1.96. The van der Waals surface area contributed by atoms with Gasteiger partial charge in [0.1, 0.15) is 11.4 Å². The van der Waals surface area contributed by atoms with Crippen LogP contribution in [0.1, 0.15) is 23.7 Å². The van der Waals surface area contributed by atoms with E-state index in [0.717, 1.165) is 32.9 Å². The van der Waals surface area contributed by atoms with E-state index in [1.807, 2.05) is 29.2 Å². The fraction of sp³-hybridized carbons (Fsp3) is 0.235. The third-order valence-corrected chi connectivity index (χ3v) is 4.88. The third kappa shape index (κ3) is 3.33. The minimum absolute atomic E-state index is 0.0539. The summed E-state index contributed by atoms with van der Waals surface area (Å²) in [7, 11) is 0. The van der Waals surface area contributed by atoms with Gasteiger partial charge in [0.05, 0.1) is 22.8 Å². The lowest BCUT2D eigenvalue weighted by atomic mass is 10.1. The van der Waals surface area contributed by atoms with Gasteiger partial charge < -0.3 is 10.2 Å². The van der Waals surface area contributed by atoms with Gasteiger partial charge >= 0.3 is 0 Å². The Morgan fingerprint density at radius 1 is 1.27 bits per heavy atom. The highest BCUT2D eigenvalue weighted by Gasteiger charge is 2.13. The Kier molecular flexibility index (Phi) is 4.21. The number of thiazole rings is 1. The third-order valence-electron chi connectivity index (χ3n) is 3.86. The molecule has 1 amide bonds. The molecule has 2 N–H and O–H groups in total. The molecule has 1 aromatic carbocycles. The molecule has 0 radical (unpaired) electrons. The Morgan fingerprint density at radius 2 is 2.12 bits per heavy atom. The van der Waals surface area contributed by atoms with E-state index < -0.39 is 5.91 Å². The van der Waals surface area contributed by atoms with Crippen molar-refractivity contribution in [2.24, 2.45) is 5.73 Å². The van der Waals surface area contributed by atoms with Crippen LogP contribution in [0.5, 0.6) is 0 Å². The average molecular weight is 368 g/mol.